The van der Waals surface area contributed by atoms with Crippen LogP contribution in [0.5, 0.6) is 0 Å². The molecule has 0 fully saturated rings. The van der Waals surface area contributed by atoms with Gasteiger partial charge in [0.25, 0.3) is 0 Å². The summed E-state index contributed by atoms with van der Waals surface area (Å²) in [7, 11) is 0. The second-order valence-electron chi connectivity index (χ2n) is 6.81. The number of hydrogen-bond donors (Lipinski definition) is 1. The summed E-state index contributed by atoms with van der Waals surface area (Å²) in [4.78, 5) is 16.8. The van der Waals surface area contributed by atoms with Gasteiger partial charge in [0, 0.05) is 24.2 Å². The number of nitrogens with one attached hydrogen (secondary N) is 1. The summed E-state index contributed by atoms with van der Waals surface area (Å²) < 4.78 is 1.65. The summed E-state index contributed by atoms with van der Waals surface area (Å²) in [6.07, 6.45) is 3.20. The molecule has 0 atom stereocenters. The van der Waals surface area contributed by atoms with Gasteiger partial charge in [0.15, 0.2) is 5.65 Å². The lowest BCUT2D eigenvalue weighted by Crippen LogP contribution is -2.14. The molecule has 3 aromatic heterocycles. The van der Waals surface area contributed by atoms with E-state index in [1.54, 1.807) is 4.52 Å². The summed E-state index contributed by atoms with van der Waals surface area (Å²) >= 11 is 1.41. The minimum absolute atomic E-state index is 0.112. The van der Waals surface area contributed by atoms with Crippen LogP contribution < -0.4 is 5.32 Å². The van der Waals surface area contributed by atoms with Crippen molar-refractivity contribution >= 4 is 28.0 Å². The molecule has 9 heteroatoms. The third-order valence-corrected chi connectivity index (χ3v) is 5.09. The molecule has 3 heterocycles. The van der Waals surface area contributed by atoms with Crippen molar-refractivity contribution in [1.82, 2.24) is 24.8 Å². The molecule has 27 heavy (non-hydrogen) atoms. The molecule has 0 spiro atoms. The Labute approximate surface area is 161 Å². The third kappa shape index (κ3) is 4.11. The molecule has 140 valence electrons. The van der Waals surface area contributed by atoms with E-state index in [0.717, 1.165) is 28.4 Å². The number of hydrogen-bond acceptors (Lipinski definition) is 7. The normalized spacial score (nSPS) is 11.1. The lowest BCUT2D eigenvalue weighted by molar-refractivity contribution is -0.116. The van der Waals surface area contributed by atoms with Gasteiger partial charge in [-0.25, -0.2) is 9.50 Å². The van der Waals surface area contributed by atoms with Crippen molar-refractivity contribution in [3.05, 3.63) is 33.7 Å². The van der Waals surface area contributed by atoms with Crippen LogP contribution in [0.4, 0.5) is 5.13 Å². The zero-order chi connectivity index (χ0) is 19.6. The van der Waals surface area contributed by atoms with Gasteiger partial charge >= 0.3 is 0 Å². The van der Waals surface area contributed by atoms with E-state index >= 15 is 0 Å². The van der Waals surface area contributed by atoms with Gasteiger partial charge in [-0.15, -0.1) is 10.2 Å². The summed E-state index contributed by atoms with van der Waals surface area (Å²) in [5.41, 5.74) is 3.65. The molecule has 0 saturated carbocycles. The van der Waals surface area contributed by atoms with Gasteiger partial charge in [-0.2, -0.15) is 10.4 Å². The highest BCUT2D eigenvalue weighted by Gasteiger charge is 2.15. The first-order valence-electron chi connectivity index (χ1n) is 8.75. The van der Waals surface area contributed by atoms with Crippen molar-refractivity contribution in [3.8, 4) is 6.07 Å². The van der Waals surface area contributed by atoms with Gasteiger partial charge in [-0.05, 0) is 31.7 Å². The van der Waals surface area contributed by atoms with E-state index < -0.39 is 0 Å². The number of anilines is 1. The van der Waals surface area contributed by atoms with Crippen molar-refractivity contribution in [3.63, 3.8) is 0 Å². The van der Waals surface area contributed by atoms with Crippen LogP contribution >= 0.6 is 11.3 Å². The average molecular weight is 383 g/mol. The van der Waals surface area contributed by atoms with Crippen molar-refractivity contribution in [2.45, 2.75) is 47.0 Å². The molecule has 0 aliphatic carbocycles. The molecule has 0 unspecified atom stereocenters. The number of rotatable bonds is 6. The van der Waals surface area contributed by atoms with Crippen molar-refractivity contribution in [1.29, 1.82) is 5.26 Å². The number of carbonyl (C=O) groups excluding carboxylic acids is 1. The maximum Gasteiger partial charge on any atom is 0.226 e. The SMILES string of the molecule is Cc1nc2c(C#N)cnn2c(C)c1CCC(=O)Nc1nnc(CC(C)C)s1. The molecule has 3 aromatic rings. The fraction of sp³-hybridized carbons (Fsp3) is 0.444. The first-order chi connectivity index (χ1) is 12.9. The minimum atomic E-state index is -0.112. The largest absolute Gasteiger partial charge is 0.301 e. The van der Waals surface area contributed by atoms with Crippen LogP contribution in [0.1, 0.15) is 47.8 Å². The summed E-state index contributed by atoms with van der Waals surface area (Å²) in [6, 6.07) is 2.09. The van der Waals surface area contributed by atoms with E-state index in [4.69, 9.17) is 5.26 Å². The van der Waals surface area contributed by atoms with Gasteiger partial charge in [0.2, 0.25) is 11.0 Å². The molecule has 0 saturated heterocycles. The van der Waals surface area contributed by atoms with E-state index in [1.165, 1.54) is 17.5 Å². The van der Waals surface area contributed by atoms with Crippen molar-refractivity contribution < 1.29 is 4.79 Å². The lowest BCUT2D eigenvalue weighted by Gasteiger charge is -2.10. The Hall–Kier alpha value is -2.86. The van der Waals surface area contributed by atoms with Crippen LogP contribution in [0.25, 0.3) is 5.65 Å². The highest BCUT2D eigenvalue weighted by Crippen LogP contribution is 2.20. The van der Waals surface area contributed by atoms with Crippen LogP contribution in [0, 0.1) is 31.1 Å². The average Bonchev–Trinajstić information content (AvgIpc) is 3.20. The Bertz CT molecular complexity index is 1030. The Morgan fingerprint density at radius 2 is 2.15 bits per heavy atom. The summed E-state index contributed by atoms with van der Waals surface area (Å²) in [5.74, 6) is 0.387. The molecule has 1 amide bonds. The third-order valence-electron chi connectivity index (χ3n) is 4.23. The predicted molar refractivity (Wildman–Crippen MR) is 103 cm³/mol. The Kier molecular flexibility index (Phi) is 5.46. The van der Waals surface area contributed by atoms with Gasteiger partial charge in [0.05, 0.1) is 6.20 Å². The Morgan fingerprint density at radius 3 is 2.85 bits per heavy atom. The first kappa shape index (κ1) is 18.9. The van der Waals surface area contributed by atoms with Crippen LogP contribution in [-0.4, -0.2) is 30.7 Å². The number of nitrogens with zero attached hydrogens (tertiary/aromatic N) is 6. The molecule has 3 rings (SSSR count). The standard InChI is InChI=1S/C18H21N7OS/c1-10(2)7-16-23-24-18(27-16)22-15(26)6-5-14-11(3)21-17-13(8-19)9-20-25(17)12(14)4/h9-10H,5-7H2,1-4H3,(H,22,24,26). The fourth-order valence-corrected chi connectivity index (χ4v) is 3.88. The number of nitriles is 1. The fourth-order valence-electron chi connectivity index (χ4n) is 2.91. The molecular formula is C18H21N7OS. The van der Waals surface area contributed by atoms with E-state index in [2.05, 4.69) is 45.5 Å². The molecule has 0 aliphatic rings. The van der Waals surface area contributed by atoms with Gasteiger partial charge in [-0.1, -0.05) is 25.2 Å². The highest BCUT2D eigenvalue weighted by molar-refractivity contribution is 7.15. The van der Waals surface area contributed by atoms with E-state index in [9.17, 15) is 4.79 Å². The second kappa shape index (κ2) is 7.80. The van der Waals surface area contributed by atoms with E-state index in [0.29, 0.717) is 35.1 Å². The molecule has 0 radical (unpaired) electrons. The zero-order valence-corrected chi connectivity index (χ0v) is 16.6. The monoisotopic (exact) mass is 383 g/mol. The van der Waals surface area contributed by atoms with Crippen LogP contribution in [0.3, 0.4) is 0 Å². The van der Waals surface area contributed by atoms with Gasteiger partial charge in [-0.3, -0.25) is 4.79 Å². The van der Waals surface area contributed by atoms with Crippen molar-refractivity contribution in [2.75, 3.05) is 5.32 Å². The number of carbonyl (C=O) groups is 1. The molecule has 1 N–H and O–H groups in total. The van der Waals surface area contributed by atoms with Crippen LogP contribution in [0.2, 0.25) is 0 Å². The van der Waals surface area contributed by atoms with E-state index in [-0.39, 0.29) is 5.91 Å². The maximum absolute atomic E-state index is 12.3. The topological polar surface area (TPSA) is 109 Å². The Morgan fingerprint density at radius 1 is 1.37 bits per heavy atom. The number of amides is 1. The molecule has 0 bridgehead atoms. The number of fused-ring (bicyclic) bond motifs is 1. The smallest absolute Gasteiger partial charge is 0.226 e. The van der Waals surface area contributed by atoms with Crippen LogP contribution in [-0.2, 0) is 17.6 Å². The highest BCUT2D eigenvalue weighted by atomic mass is 32.1. The maximum atomic E-state index is 12.3. The molecule has 8 nitrogen and oxygen atoms in total. The van der Waals surface area contributed by atoms with Crippen LogP contribution in [0.15, 0.2) is 6.20 Å². The predicted octanol–water partition coefficient (Wildman–Crippen LogP) is 2.84. The summed E-state index contributed by atoms with van der Waals surface area (Å²) in [5, 5.41) is 25.8. The number of aromatic nitrogens is 5. The lowest BCUT2D eigenvalue weighted by atomic mass is 10.1. The Balaban J connectivity index is 1.68. The second-order valence-corrected chi connectivity index (χ2v) is 7.88. The zero-order valence-electron chi connectivity index (χ0n) is 15.8. The molecule has 0 aromatic carbocycles. The molecule has 0 aliphatic heterocycles. The number of aryl methyl sites for hydroxylation is 2. The first-order valence-corrected chi connectivity index (χ1v) is 9.56. The van der Waals surface area contributed by atoms with E-state index in [1.807, 2.05) is 13.8 Å². The molecular weight excluding hydrogens is 362 g/mol. The quantitative estimate of drug-likeness (QED) is 0.701. The minimum Gasteiger partial charge on any atom is -0.301 e. The van der Waals surface area contributed by atoms with Gasteiger partial charge in [0.1, 0.15) is 16.6 Å². The van der Waals surface area contributed by atoms with Crippen molar-refractivity contribution in [2.24, 2.45) is 5.92 Å². The summed E-state index contributed by atoms with van der Waals surface area (Å²) in [6.45, 7) is 8.05. The van der Waals surface area contributed by atoms with Gasteiger partial charge < -0.3 is 5.32 Å².